The highest BCUT2D eigenvalue weighted by molar-refractivity contribution is 7.89. The molecule has 1 aromatic heterocycles. The van der Waals surface area contributed by atoms with E-state index in [-0.39, 0.29) is 35.7 Å². The molecule has 0 aliphatic carbocycles. The molecule has 0 bridgehead atoms. The largest absolute Gasteiger partial charge is 0.464 e. The van der Waals surface area contributed by atoms with E-state index in [1.54, 1.807) is 7.05 Å². The molecule has 9 nitrogen and oxygen atoms in total. The number of hydrogen-bond donors (Lipinski definition) is 1. The first-order valence-electron chi connectivity index (χ1n) is 7.67. The maximum Gasteiger partial charge on any atom is 0.323 e. The van der Waals surface area contributed by atoms with Gasteiger partial charge in [0, 0.05) is 45.8 Å². The Balaban J connectivity index is 1.72. The molecule has 0 spiro atoms. The Morgan fingerprint density at radius 3 is 2.46 bits per heavy atom. The Bertz CT molecular complexity index is 764. The first kappa shape index (κ1) is 16.9. The van der Waals surface area contributed by atoms with Crippen LogP contribution in [0.3, 0.4) is 0 Å². The van der Waals surface area contributed by atoms with Gasteiger partial charge in [0.25, 0.3) is 5.91 Å². The van der Waals surface area contributed by atoms with Crippen LogP contribution >= 0.6 is 0 Å². The van der Waals surface area contributed by atoms with Gasteiger partial charge in [-0.3, -0.25) is 14.5 Å². The Labute approximate surface area is 140 Å². The van der Waals surface area contributed by atoms with E-state index in [1.165, 1.54) is 21.1 Å². The van der Waals surface area contributed by atoms with Gasteiger partial charge in [0.05, 0.1) is 6.61 Å². The van der Waals surface area contributed by atoms with Crippen LogP contribution in [0.4, 0.5) is 0 Å². The van der Waals surface area contributed by atoms with E-state index in [0.29, 0.717) is 26.1 Å². The van der Waals surface area contributed by atoms with Crippen molar-refractivity contribution in [2.24, 2.45) is 12.8 Å². The number of hydrogen-bond acceptors (Lipinski definition) is 6. The first-order valence-corrected chi connectivity index (χ1v) is 9.11. The van der Waals surface area contributed by atoms with Gasteiger partial charge in [-0.2, -0.15) is 4.31 Å². The molecule has 0 aromatic carbocycles. The van der Waals surface area contributed by atoms with Crippen LogP contribution in [-0.2, 0) is 26.6 Å². The number of carbonyl (C=O) groups is 2. The minimum absolute atomic E-state index is 0.0486. The van der Waals surface area contributed by atoms with E-state index >= 15 is 0 Å². The fourth-order valence-electron chi connectivity index (χ4n) is 3.14. The van der Waals surface area contributed by atoms with Crippen LogP contribution in [0.1, 0.15) is 16.9 Å². The number of cyclic esters (lactones) is 1. The first-order chi connectivity index (χ1) is 11.3. The third-order valence-electron chi connectivity index (χ3n) is 4.49. The normalized spacial score (nSPS) is 23.4. The highest BCUT2D eigenvalue weighted by Gasteiger charge is 2.37. The Morgan fingerprint density at radius 2 is 1.96 bits per heavy atom. The third kappa shape index (κ3) is 2.92. The van der Waals surface area contributed by atoms with E-state index in [4.69, 9.17) is 10.5 Å². The summed E-state index contributed by atoms with van der Waals surface area (Å²) in [6, 6.07) is 1.02. The summed E-state index contributed by atoms with van der Waals surface area (Å²) in [5, 5.41) is 0. The lowest BCUT2D eigenvalue weighted by Gasteiger charge is -2.35. The highest BCUT2D eigenvalue weighted by Crippen LogP contribution is 2.22. The minimum atomic E-state index is -3.70. The second kappa shape index (κ2) is 6.19. The second-order valence-electron chi connectivity index (χ2n) is 5.95. The number of sulfonamides is 1. The number of amides is 1. The third-order valence-corrected chi connectivity index (χ3v) is 6.36. The number of primary amides is 1. The van der Waals surface area contributed by atoms with Gasteiger partial charge in [-0.15, -0.1) is 0 Å². The van der Waals surface area contributed by atoms with Crippen LogP contribution in [0.2, 0.25) is 0 Å². The molecular weight excluding hydrogens is 336 g/mol. The van der Waals surface area contributed by atoms with Gasteiger partial charge in [-0.05, 0) is 6.07 Å². The standard InChI is InChI=1S/C14H20N4O5S/c1-16-9-10(8-12(16)13(15)19)24(21,22)18-5-3-17(4-6-18)11-2-7-23-14(11)20/h8-9,11H,2-7H2,1H3,(H2,15,19)/t11-/m1/s1. The van der Waals surface area contributed by atoms with Crippen molar-refractivity contribution in [1.82, 2.24) is 13.8 Å². The predicted octanol–water partition coefficient (Wildman–Crippen LogP) is -1.25. The number of piperazine rings is 1. The van der Waals surface area contributed by atoms with Gasteiger partial charge < -0.3 is 15.0 Å². The van der Waals surface area contributed by atoms with Crippen molar-refractivity contribution in [3.05, 3.63) is 18.0 Å². The number of nitrogens with zero attached hydrogens (tertiary/aromatic N) is 3. The van der Waals surface area contributed by atoms with E-state index in [9.17, 15) is 18.0 Å². The van der Waals surface area contributed by atoms with Crippen molar-refractivity contribution >= 4 is 21.9 Å². The van der Waals surface area contributed by atoms with Crippen LogP contribution in [0, 0.1) is 0 Å². The van der Waals surface area contributed by atoms with Gasteiger partial charge in [0.15, 0.2) is 0 Å². The summed E-state index contributed by atoms with van der Waals surface area (Å²) in [7, 11) is -2.12. The van der Waals surface area contributed by atoms with Gasteiger partial charge in [-0.1, -0.05) is 0 Å². The Kier molecular flexibility index (Phi) is 4.37. The van der Waals surface area contributed by atoms with Crippen LogP contribution in [-0.4, -0.2) is 72.9 Å². The second-order valence-corrected chi connectivity index (χ2v) is 7.89. The maximum absolute atomic E-state index is 12.7. The summed E-state index contributed by atoms with van der Waals surface area (Å²) < 4.78 is 33.2. The molecule has 1 atom stereocenters. The number of nitrogens with two attached hydrogens (primary N) is 1. The fraction of sp³-hybridized carbons (Fsp3) is 0.571. The molecular formula is C14H20N4O5S. The number of carbonyl (C=O) groups excluding carboxylic acids is 2. The van der Waals surface area contributed by atoms with Gasteiger partial charge in [-0.25, -0.2) is 8.42 Å². The molecule has 10 heteroatoms. The number of aryl methyl sites for hydroxylation is 1. The van der Waals surface area contributed by atoms with Crippen molar-refractivity contribution in [3.8, 4) is 0 Å². The summed E-state index contributed by atoms with van der Waals surface area (Å²) in [6.07, 6.45) is 2.03. The zero-order chi connectivity index (χ0) is 17.5. The van der Waals surface area contributed by atoms with Crippen molar-refractivity contribution in [1.29, 1.82) is 0 Å². The van der Waals surface area contributed by atoms with Crippen molar-refractivity contribution in [2.75, 3.05) is 32.8 Å². The average molecular weight is 356 g/mol. The molecule has 0 radical (unpaired) electrons. The molecule has 2 aliphatic rings. The van der Waals surface area contributed by atoms with E-state index in [0.717, 1.165) is 0 Å². The molecule has 132 valence electrons. The van der Waals surface area contributed by atoms with Crippen molar-refractivity contribution in [3.63, 3.8) is 0 Å². The fourth-order valence-corrected chi connectivity index (χ4v) is 4.64. The lowest BCUT2D eigenvalue weighted by Crippen LogP contribution is -2.52. The van der Waals surface area contributed by atoms with Crippen LogP contribution in [0.25, 0.3) is 0 Å². The van der Waals surface area contributed by atoms with Crippen LogP contribution < -0.4 is 5.73 Å². The molecule has 2 N–H and O–H groups in total. The molecule has 3 heterocycles. The molecule has 0 unspecified atom stereocenters. The number of aromatic nitrogens is 1. The Hall–Kier alpha value is -1.91. The van der Waals surface area contributed by atoms with Gasteiger partial charge >= 0.3 is 5.97 Å². The van der Waals surface area contributed by atoms with E-state index < -0.39 is 15.9 Å². The van der Waals surface area contributed by atoms with E-state index in [1.807, 2.05) is 4.90 Å². The molecule has 3 rings (SSSR count). The quantitative estimate of drug-likeness (QED) is 0.674. The highest BCUT2D eigenvalue weighted by atomic mass is 32.2. The van der Waals surface area contributed by atoms with E-state index in [2.05, 4.69) is 0 Å². The maximum atomic E-state index is 12.7. The molecule has 0 saturated carbocycles. The summed E-state index contributed by atoms with van der Waals surface area (Å²) >= 11 is 0. The van der Waals surface area contributed by atoms with Crippen LogP contribution in [0.5, 0.6) is 0 Å². The average Bonchev–Trinajstić information content (AvgIpc) is 3.13. The topological polar surface area (TPSA) is 115 Å². The summed E-state index contributed by atoms with van der Waals surface area (Å²) in [5.41, 5.74) is 5.37. The summed E-state index contributed by atoms with van der Waals surface area (Å²) in [5.74, 6) is -0.913. The van der Waals surface area contributed by atoms with Gasteiger partial charge in [0.1, 0.15) is 16.6 Å². The Morgan fingerprint density at radius 1 is 1.29 bits per heavy atom. The lowest BCUT2D eigenvalue weighted by molar-refractivity contribution is -0.142. The molecule has 2 saturated heterocycles. The predicted molar refractivity (Wildman–Crippen MR) is 83.6 cm³/mol. The monoisotopic (exact) mass is 356 g/mol. The number of ether oxygens (including phenoxy) is 1. The molecule has 2 aliphatic heterocycles. The summed E-state index contributed by atoms with van der Waals surface area (Å²) in [4.78, 5) is 24.9. The van der Waals surface area contributed by atoms with Crippen molar-refractivity contribution in [2.45, 2.75) is 17.4 Å². The smallest absolute Gasteiger partial charge is 0.323 e. The minimum Gasteiger partial charge on any atom is -0.464 e. The zero-order valence-electron chi connectivity index (χ0n) is 13.3. The van der Waals surface area contributed by atoms with Crippen molar-refractivity contribution < 1.29 is 22.7 Å². The number of esters is 1. The molecule has 2 fully saturated rings. The molecule has 1 amide bonds. The lowest BCUT2D eigenvalue weighted by atomic mass is 10.2. The van der Waals surface area contributed by atoms with Gasteiger partial charge in [0.2, 0.25) is 10.0 Å². The molecule has 24 heavy (non-hydrogen) atoms. The SMILES string of the molecule is Cn1cc(S(=O)(=O)N2CCN([C@@H]3CCOC3=O)CC2)cc1C(N)=O. The van der Waals surface area contributed by atoms with Crippen LogP contribution in [0.15, 0.2) is 17.2 Å². The molecule has 1 aromatic rings. The zero-order valence-corrected chi connectivity index (χ0v) is 14.2. The summed E-state index contributed by atoms with van der Waals surface area (Å²) in [6.45, 7) is 1.92. The number of rotatable bonds is 4.